The largest absolute Gasteiger partial charge is 0.467 e. The molecule has 1 fully saturated rings. The van der Waals surface area contributed by atoms with Crippen LogP contribution in [0.5, 0.6) is 0 Å². The second-order valence-electron chi connectivity index (χ2n) is 4.37. The Kier molecular flexibility index (Phi) is 4.58. The van der Waals surface area contributed by atoms with Gasteiger partial charge < -0.3 is 9.47 Å². The normalized spacial score (nSPS) is 22.1. The fraction of sp³-hybridized carbons (Fsp3) is 0.917. The minimum absolute atomic E-state index is 0.226. The second kappa shape index (κ2) is 5.50. The third-order valence-corrected chi connectivity index (χ3v) is 3.42. The fourth-order valence-corrected chi connectivity index (χ4v) is 2.50. The molecule has 0 N–H and O–H groups in total. The summed E-state index contributed by atoms with van der Waals surface area (Å²) in [7, 11) is 1.43. The van der Waals surface area contributed by atoms with Crippen LogP contribution >= 0.6 is 0 Å². The lowest BCUT2D eigenvalue weighted by Gasteiger charge is -2.36. The van der Waals surface area contributed by atoms with Crippen molar-refractivity contribution < 1.29 is 14.3 Å². The summed E-state index contributed by atoms with van der Waals surface area (Å²) in [6.07, 6.45) is 5.83. The van der Waals surface area contributed by atoms with Gasteiger partial charge in [0, 0.05) is 6.61 Å². The Labute approximate surface area is 92.1 Å². The average Bonchev–Trinajstić information content (AvgIpc) is 2.29. The quantitative estimate of drug-likeness (QED) is 0.675. The zero-order valence-electron chi connectivity index (χ0n) is 10.0. The zero-order chi connectivity index (χ0) is 11.3. The second-order valence-corrected chi connectivity index (χ2v) is 4.37. The van der Waals surface area contributed by atoms with Crippen LogP contribution in [0.15, 0.2) is 0 Å². The first-order chi connectivity index (χ1) is 7.15. The highest BCUT2D eigenvalue weighted by Crippen LogP contribution is 2.35. The number of hydrogen-bond donors (Lipinski definition) is 0. The van der Waals surface area contributed by atoms with Gasteiger partial charge in [-0.15, -0.1) is 0 Å². The zero-order valence-corrected chi connectivity index (χ0v) is 10.0. The van der Waals surface area contributed by atoms with E-state index in [-0.39, 0.29) is 5.97 Å². The molecule has 15 heavy (non-hydrogen) atoms. The van der Waals surface area contributed by atoms with Crippen LogP contribution in [-0.4, -0.2) is 25.3 Å². The van der Waals surface area contributed by atoms with Crippen LogP contribution in [-0.2, 0) is 14.3 Å². The van der Waals surface area contributed by atoms with E-state index >= 15 is 0 Å². The van der Waals surface area contributed by atoms with Gasteiger partial charge in [-0.25, -0.2) is 4.79 Å². The minimum Gasteiger partial charge on any atom is -0.467 e. The van der Waals surface area contributed by atoms with E-state index in [0.29, 0.717) is 12.5 Å². The van der Waals surface area contributed by atoms with Gasteiger partial charge in [0.2, 0.25) is 0 Å². The lowest BCUT2D eigenvalue weighted by atomic mass is 9.77. The standard InChI is InChI=1S/C12H22O3/c1-4-15-12(2,11(13)14-3)10-8-6-5-7-9-10/h10H,4-9H2,1-3H3. The molecule has 1 unspecified atom stereocenters. The van der Waals surface area contributed by atoms with Crippen molar-refractivity contribution in [1.29, 1.82) is 0 Å². The lowest BCUT2D eigenvalue weighted by Crippen LogP contribution is -2.47. The van der Waals surface area contributed by atoms with Crippen molar-refractivity contribution >= 4 is 5.97 Å². The van der Waals surface area contributed by atoms with Crippen molar-refractivity contribution in [3.05, 3.63) is 0 Å². The molecule has 0 aromatic rings. The number of hydrogen-bond acceptors (Lipinski definition) is 3. The molecule has 1 aliphatic rings. The Morgan fingerprint density at radius 3 is 2.40 bits per heavy atom. The van der Waals surface area contributed by atoms with Crippen molar-refractivity contribution in [3.8, 4) is 0 Å². The number of methoxy groups -OCH3 is 1. The van der Waals surface area contributed by atoms with Crippen LogP contribution in [0.2, 0.25) is 0 Å². The Bertz CT molecular complexity index is 209. The summed E-state index contributed by atoms with van der Waals surface area (Å²) < 4.78 is 10.5. The van der Waals surface area contributed by atoms with E-state index in [4.69, 9.17) is 9.47 Å². The van der Waals surface area contributed by atoms with Crippen LogP contribution < -0.4 is 0 Å². The molecule has 0 amide bonds. The smallest absolute Gasteiger partial charge is 0.338 e. The number of rotatable bonds is 4. The molecule has 0 aromatic carbocycles. The van der Waals surface area contributed by atoms with Gasteiger partial charge in [0.1, 0.15) is 0 Å². The highest BCUT2D eigenvalue weighted by atomic mass is 16.6. The summed E-state index contributed by atoms with van der Waals surface area (Å²) in [5, 5.41) is 0. The molecule has 3 nitrogen and oxygen atoms in total. The molecule has 0 aromatic heterocycles. The molecule has 1 rings (SSSR count). The number of carbonyl (C=O) groups excluding carboxylic acids is 1. The molecule has 0 bridgehead atoms. The molecule has 0 radical (unpaired) electrons. The highest BCUT2D eigenvalue weighted by Gasteiger charge is 2.43. The molecule has 0 aliphatic heterocycles. The van der Waals surface area contributed by atoms with Crippen molar-refractivity contribution in [1.82, 2.24) is 0 Å². The SMILES string of the molecule is CCOC(C)(C(=O)OC)C1CCCCC1. The molecule has 1 aliphatic carbocycles. The first-order valence-corrected chi connectivity index (χ1v) is 5.87. The topological polar surface area (TPSA) is 35.5 Å². The molecular weight excluding hydrogens is 192 g/mol. The first kappa shape index (κ1) is 12.5. The van der Waals surface area contributed by atoms with Crippen LogP contribution in [0, 0.1) is 5.92 Å². The van der Waals surface area contributed by atoms with Crippen molar-refractivity contribution in [2.45, 2.75) is 51.6 Å². The minimum atomic E-state index is -0.732. The van der Waals surface area contributed by atoms with E-state index in [9.17, 15) is 4.79 Å². The molecule has 3 heteroatoms. The Morgan fingerprint density at radius 1 is 1.33 bits per heavy atom. The maximum absolute atomic E-state index is 11.8. The summed E-state index contributed by atoms with van der Waals surface area (Å²) in [4.78, 5) is 11.8. The Morgan fingerprint density at radius 2 is 1.93 bits per heavy atom. The van der Waals surface area contributed by atoms with E-state index in [1.54, 1.807) is 0 Å². The maximum atomic E-state index is 11.8. The van der Waals surface area contributed by atoms with Gasteiger partial charge in [-0.1, -0.05) is 19.3 Å². The van der Waals surface area contributed by atoms with E-state index < -0.39 is 5.60 Å². The summed E-state index contributed by atoms with van der Waals surface area (Å²) in [5.74, 6) is 0.0925. The van der Waals surface area contributed by atoms with Gasteiger partial charge >= 0.3 is 5.97 Å². The van der Waals surface area contributed by atoms with Crippen molar-refractivity contribution in [3.63, 3.8) is 0 Å². The lowest BCUT2D eigenvalue weighted by molar-refractivity contribution is -0.176. The van der Waals surface area contributed by atoms with Crippen LogP contribution in [0.25, 0.3) is 0 Å². The predicted octanol–water partition coefficient (Wildman–Crippen LogP) is 2.53. The van der Waals surface area contributed by atoms with E-state index in [0.717, 1.165) is 12.8 Å². The van der Waals surface area contributed by atoms with Crippen LogP contribution in [0.4, 0.5) is 0 Å². The number of carbonyl (C=O) groups is 1. The van der Waals surface area contributed by atoms with Crippen molar-refractivity contribution in [2.24, 2.45) is 5.92 Å². The molecule has 0 saturated heterocycles. The summed E-state index contributed by atoms with van der Waals surface area (Å²) in [6.45, 7) is 4.35. The predicted molar refractivity (Wildman–Crippen MR) is 58.6 cm³/mol. The Hall–Kier alpha value is -0.570. The number of esters is 1. The first-order valence-electron chi connectivity index (χ1n) is 5.87. The summed E-state index contributed by atoms with van der Waals surface area (Å²) >= 11 is 0. The molecule has 1 atom stereocenters. The van der Waals surface area contributed by atoms with Gasteiger partial charge in [-0.3, -0.25) is 0 Å². The van der Waals surface area contributed by atoms with Gasteiger partial charge in [0.25, 0.3) is 0 Å². The van der Waals surface area contributed by atoms with Gasteiger partial charge in [-0.05, 0) is 32.6 Å². The monoisotopic (exact) mass is 214 g/mol. The fourth-order valence-electron chi connectivity index (χ4n) is 2.50. The van der Waals surface area contributed by atoms with Crippen LogP contribution in [0.1, 0.15) is 46.0 Å². The molecule has 1 saturated carbocycles. The van der Waals surface area contributed by atoms with E-state index in [2.05, 4.69) is 0 Å². The van der Waals surface area contributed by atoms with Crippen molar-refractivity contribution in [2.75, 3.05) is 13.7 Å². The Balaban J connectivity index is 2.73. The van der Waals surface area contributed by atoms with Gasteiger partial charge in [0.05, 0.1) is 7.11 Å². The molecular formula is C12H22O3. The summed E-state index contributed by atoms with van der Waals surface area (Å²) in [6, 6.07) is 0. The summed E-state index contributed by atoms with van der Waals surface area (Å²) in [5.41, 5.74) is -0.732. The molecule has 88 valence electrons. The van der Waals surface area contributed by atoms with Gasteiger partial charge in [-0.2, -0.15) is 0 Å². The highest BCUT2D eigenvalue weighted by molar-refractivity contribution is 5.79. The average molecular weight is 214 g/mol. The number of ether oxygens (including phenoxy) is 2. The molecule has 0 spiro atoms. The molecule has 0 heterocycles. The van der Waals surface area contributed by atoms with Crippen LogP contribution in [0.3, 0.4) is 0 Å². The van der Waals surface area contributed by atoms with E-state index in [1.165, 1.54) is 26.4 Å². The third kappa shape index (κ3) is 2.71. The third-order valence-electron chi connectivity index (χ3n) is 3.42. The van der Waals surface area contributed by atoms with Gasteiger partial charge in [0.15, 0.2) is 5.60 Å². The van der Waals surface area contributed by atoms with E-state index in [1.807, 2.05) is 13.8 Å². The maximum Gasteiger partial charge on any atom is 0.338 e.